The molecule has 4 nitrogen and oxygen atoms in total. The number of aromatic nitrogens is 1. The molecule has 0 spiro atoms. The monoisotopic (exact) mass is 333 g/mol. The molecular formula is C21H19NO3. The van der Waals surface area contributed by atoms with E-state index in [1.807, 2.05) is 44.2 Å². The van der Waals surface area contributed by atoms with Crippen LogP contribution in [-0.2, 0) is 4.74 Å². The maximum Gasteiger partial charge on any atom is 0.338 e. The summed E-state index contributed by atoms with van der Waals surface area (Å²) in [5.41, 5.74) is 4.19. The number of ether oxygens (including phenoxy) is 1. The summed E-state index contributed by atoms with van der Waals surface area (Å²) in [6.45, 7) is 3.80. The van der Waals surface area contributed by atoms with Crippen molar-refractivity contribution < 1.29 is 14.3 Å². The van der Waals surface area contributed by atoms with Gasteiger partial charge in [-0.15, -0.1) is 0 Å². The van der Waals surface area contributed by atoms with Gasteiger partial charge in [-0.2, -0.15) is 0 Å². The molecule has 0 aliphatic heterocycles. The molecule has 0 radical (unpaired) electrons. The topological polar surface area (TPSA) is 48.3 Å². The predicted molar refractivity (Wildman–Crippen MR) is 96.3 cm³/mol. The summed E-state index contributed by atoms with van der Waals surface area (Å²) in [5.74, 6) is -0.721. The zero-order valence-electron chi connectivity index (χ0n) is 14.2. The third kappa shape index (κ3) is 3.69. The van der Waals surface area contributed by atoms with E-state index in [0.29, 0.717) is 11.1 Å². The molecule has 126 valence electrons. The van der Waals surface area contributed by atoms with Gasteiger partial charge in [0, 0.05) is 22.6 Å². The number of carbonyl (C=O) groups excluding carboxylic acids is 2. The van der Waals surface area contributed by atoms with Crippen LogP contribution in [0.25, 0.3) is 5.69 Å². The maximum atomic E-state index is 12.1. The van der Waals surface area contributed by atoms with Crippen LogP contribution in [-0.4, -0.2) is 22.9 Å². The van der Waals surface area contributed by atoms with E-state index in [1.54, 1.807) is 36.4 Å². The second-order valence-electron chi connectivity index (χ2n) is 5.86. The molecule has 4 heteroatoms. The van der Waals surface area contributed by atoms with E-state index >= 15 is 0 Å². The maximum absolute atomic E-state index is 12.1. The standard InChI is InChI=1S/C21H19NO3/c1-15-8-9-16(2)22(15)19-12-10-18(11-13-19)21(24)25-14-20(23)17-6-4-3-5-7-17/h3-13H,14H2,1-2H3. The fourth-order valence-electron chi connectivity index (χ4n) is 2.74. The zero-order valence-corrected chi connectivity index (χ0v) is 14.2. The van der Waals surface area contributed by atoms with E-state index in [9.17, 15) is 9.59 Å². The average molecular weight is 333 g/mol. The van der Waals surface area contributed by atoms with Gasteiger partial charge in [0.2, 0.25) is 0 Å². The Kier molecular flexibility index (Phi) is 4.80. The van der Waals surface area contributed by atoms with Crippen molar-refractivity contribution in [3.63, 3.8) is 0 Å². The highest BCUT2D eigenvalue weighted by molar-refractivity contribution is 5.99. The number of hydrogen-bond acceptors (Lipinski definition) is 3. The summed E-state index contributed by atoms with van der Waals surface area (Å²) in [7, 11) is 0. The molecule has 3 aromatic rings. The molecule has 1 aromatic heterocycles. The molecule has 0 atom stereocenters. The van der Waals surface area contributed by atoms with Crippen molar-refractivity contribution in [3.8, 4) is 5.69 Å². The van der Waals surface area contributed by atoms with Crippen LogP contribution in [0.15, 0.2) is 66.7 Å². The highest BCUT2D eigenvalue weighted by atomic mass is 16.5. The first kappa shape index (κ1) is 16.7. The van der Waals surface area contributed by atoms with Crippen LogP contribution < -0.4 is 0 Å². The fraction of sp³-hybridized carbons (Fsp3) is 0.143. The smallest absolute Gasteiger partial charge is 0.338 e. The zero-order chi connectivity index (χ0) is 17.8. The van der Waals surface area contributed by atoms with Crippen molar-refractivity contribution >= 4 is 11.8 Å². The lowest BCUT2D eigenvalue weighted by Crippen LogP contribution is -2.14. The van der Waals surface area contributed by atoms with E-state index in [0.717, 1.165) is 17.1 Å². The van der Waals surface area contributed by atoms with Crippen LogP contribution in [0.3, 0.4) is 0 Å². The number of Topliss-reactive ketones (excluding diaryl/α,β-unsaturated/α-hetero) is 1. The van der Waals surface area contributed by atoms with Crippen LogP contribution in [0, 0.1) is 13.8 Å². The van der Waals surface area contributed by atoms with Crippen molar-refractivity contribution in [2.75, 3.05) is 6.61 Å². The number of rotatable bonds is 5. The Balaban J connectivity index is 1.66. The Morgan fingerprint density at radius 3 is 2.00 bits per heavy atom. The molecule has 0 bridgehead atoms. The minimum Gasteiger partial charge on any atom is -0.454 e. The number of aryl methyl sites for hydroxylation is 2. The van der Waals surface area contributed by atoms with Gasteiger partial charge < -0.3 is 9.30 Å². The lowest BCUT2D eigenvalue weighted by Gasteiger charge is -2.10. The van der Waals surface area contributed by atoms with Gasteiger partial charge in [-0.25, -0.2) is 4.79 Å². The highest BCUT2D eigenvalue weighted by Crippen LogP contribution is 2.17. The van der Waals surface area contributed by atoms with Crippen LogP contribution >= 0.6 is 0 Å². The first-order valence-corrected chi connectivity index (χ1v) is 8.07. The van der Waals surface area contributed by atoms with E-state index in [-0.39, 0.29) is 12.4 Å². The molecule has 0 fully saturated rings. The summed E-state index contributed by atoms with van der Waals surface area (Å²) < 4.78 is 7.23. The molecule has 0 unspecified atom stereocenters. The molecule has 1 heterocycles. The molecule has 0 N–H and O–H groups in total. The van der Waals surface area contributed by atoms with E-state index < -0.39 is 5.97 Å². The van der Waals surface area contributed by atoms with Gasteiger partial charge in [-0.1, -0.05) is 30.3 Å². The highest BCUT2D eigenvalue weighted by Gasteiger charge is 2.12. The normalized spacial score (nSPS) is 10.5. The predicted octanol–water partition coefficient (Wildman–Crippen LogP) is 4.13. The minimum atomic E-state index is -0.503. The second-order valence-corrected chi connectivity index (χ2v) is 5.86. The van der Waals surface area contributed by atoms with E-state index in [1.165, 1.54) is 0 Å². The lowest BCUT2D eigenvalue weighted by molar-refractivity contribution is 0.0475. The summed E-state index contributed by atoms with van der Waals surface area (Å²) in [5, 5.41) is 0. The lowest BCUT2D eigenvalue weighted by atomic mass is 10.1. The number of benzene rings is 2. The molecule has 2 aromatic carbocycles. The van der Waals surface area contributed by atoms with Gasteiger partial charge in [-0.3, -0.25) is 4.79 Å². The Bertz CT molecular complexity index is 873. The molecule has 0 aliphatic rings. The Labute approximate surface area is 146 Å². The molecule has 0 amide bonds. The van der Waals surface area contributed by atoms with E-state index in [2.05, 4.69) is 4.57 Å². The molecular weight excluding hydrogens is 314 g/mol. The largest absolute Gasteiger partial charge is 0.454 e. The van der Waals surface area contributed by atoms with Crippen molar-refractivity contribution in [1.82, 2.24) is 4.57 Å². The number of esters is 1. The van der Waals surface area contributed by atoms with Crippen LogP contribution in [0.2, 0.25) is 0 Å². The molecule has 25 heavy (non-hydrogen) atoms. The fourth-order valence-corrected chi connectivity index (χ4v) is 2.74. The Morgan fingerprint density at radius 1 is 0.800 bits per heavy atom. The summed E-state index contributed by atoms with van der Waals surface area (Å²) in [6, 6.07) is 20.0. The number of ketones is 1. The van der Waals surface area contributed by atoms with Gasteiger partial charge in [-0.05, 0) is 50.2 Å². The number of hydrogen-bond donors (Lipinski definition) is 0. The average Bonchev–Trinajstić information content (AvgIpc) is 2.98. The first-order chi connectivity index (χ1) is 12.1. The summed E-state index contributed by atoms with van der Waals surface area (Å²) >= 11 is 0. The minimum absolute atomic E-state index is 0.218. The van der Waals surface area contributed by atoms with Crippen molar-refractivity contribution in [3.05, 3.63) is 89.2 Å². The van der Waals surface area contributed by atoms with Gasteiger partial charge in [0.05, 0.1) is 5.56 Å². The Hall–Kier alpha value is -3.14. The summed E-state index contributed by atoms with van der Waals surface area (Å²) in [4.78, 5) is 24.1. The third-order valence-corrected chi connectivity index (χ3v) is 4.06. The molecule has 3 rings (SSSR count). The number of carbonyl (C=O) groups is 2. The van der Waals surface area contributed by atoms with Crippen molar-refractivity contribution in [2.45, 2.75) is 13.8 Å². The van der Waals surface area contributed by atoms with Crippen LogP contribution in [0.5, 0.6) is 0 Å². The quantitative estimate of drug-likeness (QED) is 0.521. The van der Waals surface area contributed by atoms with Gasteiger partial charge in [0.25, 0.3) is 0 Å². The third-order valence-electron chi connectivity index (χ3n) is 4.06. The molecule has 0 saturated heterocycles. The Morgan fingerprint density at radius 2 is 1.40 bits per heavy atom. The SMILES string of the molecule is Cc1ccc(C)n1-c1ccc(C(=O)OCC(=O)c2ccccc2)cc1. The van der Waals surface area contributed by atoms with Crippen LogP contribution in [0.4, 0.5) is 0 Å². The van der Waals surface area contributed by atoms with Crippen molar-refractivity contribution in [1.29, 1.82) is 0 Å². The first-order valence-electron chi connectivity index (χ1n) is 8.07. The number of nitrogens with zero attached hydrogens (tertiary/aromatic N) is 1. The van der Waals surface area contributed by atoms with Gasteiger partial charge in [0.1, 0.15) is 0 Å². The summed E-state index contributed by atoms with van der Waals surface area (Å²) in [6.07, 6.45) is 0. The molecule has 0 aliphatic carbocycles. The van der Waals surface area contributed by atoms with Gasteiger partial charge >= 0.3 is 5.97 Å². The van der Waals surface area contributed by atoms with Gasteiger partial charge in [0.15, 0.2) is 12.4 Å². The van der Waals surface area contributed by atoms with Crippen molar-refractivity contribution in [2.24, 2.45) is 0 Å². The van der Waals surface area contributed by atoms with Crippen LogP contribution in [0.1, 0.15) is 32.1 Å². The second kappa shape index (κ2) is 7.18. The van der Waals surface area contributed by atoms with E-state index in [4.69, 9.17) is 4.74 Å². The molecule has 0 saturated carbocycles.